The van der Waals surface area contributed by atoms with Crippen LogP contribution in [0.2, 0.25) is 10.0 Å². The number of aryl methyl sites for hydroxylation is 1. The first-order chi connectivity index (χ1) is 15.8. The highest BCUT2D eigenvalue weighted by atomic mass is 35.5. The van der Waals surface area contributed by atoms with E-state index in [9.17, 15) is 9.59 Å². The number of likely N-dealkylation sites (N-methyl/N-ethyl adjacent to an activating group) is 1. The Hall–Kier alpha value is -2.46. The highest BCUT2D eigenvalue weighted by Gasteiger charge is 2.53. The van der Waals surface area contributed by atoms with Crippen molar-refractivity contribution in [1.82, 2.24) is 19.3 Å². The third kappa shape index (κ3) is 3.93. The largest absolute Gasteiger partial charge is 0.401 e. The molecule has 0 spiro atoms. The van der Waals surface area contributed by atoms with Crippen molar-refractivity contribution < 1.29 is 18.9 Å². The van der Waals surface area contributed by atoms with Crippen LogP contribution in [0.4, 0.5) is 10.7 Å². The third-order valence-electron chi connectivity index (χ3n) is 6.39. The number of carbonyl (C=O) groups excluding carboxylic acids is 2. The fourth-order valence-corrected chi connectivity index (χ4v) is 4.86. The van der Waals surface area contributed by atoms with Crippen molar-refractivity contribution in [2.24, 2.45) is 4.99 Å². The molecule has 2 fully saturated rings. The maximum absolute atomic E-state index is 13.5. The van der Waals surface area contributed by atoms with Gasteiger partial charge in [0.1, 0.15) is 11.9 Å². The van der Waals surface area contributed by atoms with E-state index in [4.69, 9.17) is 32.9 Å². The minimum atomic E-state index is -0.672. The molecule has 0 aliphatic carbocycles. The number of fused-ring (bicyclic) bond motifs is 3. The average Bonchev–Trinajstić information content (AvgIpc) is 3.31. The zero-order valence-electron chi connectivity index (χ0n) is 18.5. The number of halogens is 2. The molecule has 1 atom stereocenters. The molecule has 0 saturated carbocycles. The number of amidine groups is 1. The number of carbonyl (C=O) groups is 2. The summed E-state index contributed by atoms with van der Waals surface area (Å²) in [6, 6.07) is 4.01. The Kier molecular flexibility index (Phi) is 5.90. The van der Waals surface area contributed by atoms with Gasteiger partial charge in [0.25, 0.3) is 5.91 Å². The van der Waals surface area contributed by atoms with Crippen LogP contribution in [-0.4, -0.2) is 76.9 Å². The monoisotopic (exact) mass is 491 g/mol. The molecule has 33 heavy (non-hydrogen) atoms. The van der Waals surface area contributed by atoms with Crippen molar-refractivity contribution >= 4 is 46.9 Å². The maximum atomic E-state index is 13.5. The van der Waals surface area contributed by atoms with E-state index in [0.29, 0.717) is 21.8 Å². The van der Waals surface area contributed by atoms with Gasteiger partial charge < -0.3 is 4.74 Å². The van der Waals surface area contributed by atoms with Gasteiger partial charge in [-0.3, -0.25) is 19.5 Å². The van der Waals surface area contributed by atoms with Crippen molar-refractivity contribution in [2.75, 3.05) is 39.9 Å². The molecule has 1 unspecified atom stereocenters. The van der Waals surface area contributed by atoms with Gasteiger partial charge in [0, 0.05) is 26.7 Å². The lowest BCUT2D eigenvalue weighted by Crippen LogP contribution is -2.62. The van der Waals surface area contributed by atoms with Crippen LogP contribution in [0.25, 0.3) is 0 Å². The van der Waals surface area contributed by atoms with Crippen LogP contribution in [-0.2, 0) is 22.6 Å². The van der Waals surface area contributed by atoms with E-state index in [1.165, 1.54) is 9.80 Å². The Morgan fingerprint density at radius 1 is 1.15 bits per heavy atom. The molecule has 3 aliphatic heterocycles. The van der Waals surface area contributed by atoms with Gasteiger partial charge in [0.15, 0.2) is 0 Å². The fraction of sp³-hybridized carbons (Fsp3) is 0.455. The second kappa shape index (κ2) is 8.72. The molecule has 11 heteroatoms. The SMILES string of the molecule is Cc1c[n+]2c(n1CCN1CCOCC1)N=C1C2C(=O)N(Cc2ccc(Cl)c(Cl)c2)C(=O)N1C. The predicted octanol–water partition coefficient (Wildman–Crippen LogP) is 2.40. The Balaban J connectivity index is 1.41. The number of hydrogen-bond acceptors (Lipinski definition) is 5. The van der Waals surface area contributed by atoms with Crippen molar-refractivity contribution in [2.45, 2.75) is 26.1 Å². The number of aromatic nitrogens is 2. The molecule has 1 aromatic carbocycles. The van der Waals surface area contributed by atoms with Gasteiger partial charge in [-0.1, -0.05) is 34.3 Å². The number of urea groups is 1. The second-order valence-corrected chi connectivity index (χ2v) is 9.28. The number of imidazole rings is 1. The van der Waals surface area contributed by atoms with Gasteiger partial charge in [-0.15, -0.1) is 0 Å². The average molecular weight is 492 g/mol. The maximum Gasteiger partial charge on any atom is 0.401 e. The zero-order chi connectivity index (χ0) is 23.3. The van der Waals surface area contributed by atoms with Crippen LogP contribution in [0, 0.1) is 6.92 Å². The Bertz CT molecular complexity index is 1160. The topological polar surface area (TPSA) is 74.3 Å². The predicted molar refractivity (Wildman–Crippen MR) is 123 cm³/mol. The van der Waals surface area contributed by atoms with Crippen molar-refractivity contribution in [3.8, 4) is 0 Å². The molecular weight excluding hydrogens is 467 g/mol. The first-order valence-corrected chi connectivity index (χ1v) is 11.6. The molecule has 174 valence electrons. The number of morpholine rings is 1. The van der Waals surface area contributed by atoms with Gasteiger partial charge in [0.05, 0.1) is 36.3 Å². The molecule has 4 heterocycles. The number of amides is 3. The molecule has 3 aliphatic rings. The molecule has 9 nitrogen and oxygen atoms in total. The summed E-state index contributed by atoms with van der Waals surface area (Å²) in [6.07, 6.45) is 1.94. The van der Waals surface area contributed by atoms with Crippen molar-refractivity contribution in [3.63, 3.8) is 0 Å². The lowest BCUT2D eigenvalue weighted by molar-refractivity contribution is -0.677. The second-order valence-electron chi connectivity index (χ2n) is 8.47. The van der Waals surface area contributed by atoms with E-state index in [-0.39, 0.29) is 12.5 Å². The Morgan fingerprint density at radius 2 is 1.91 bits per heavy atom. The molecule has 0 radical (unpaired) electrons. The zero-order valence-corrected chi connectivity index (χ0v) is 20.0. The molecule has 1 aromatic heterocycles. The summed E-state index contributed by atoms with van der Waals surface area (Å²) in [6.45, 7) is 7.04. The van der Waals surface area contributed by atoms with Gasteiger partial charge in [-0.25, -0.2) is 13.9 Å². The Labute approximate surface area is 201 Å². The number of rotatable bonds is 5. The summed E-state index contributed by atoms with van der Waals surface area (Å²) in [5, 5.41) is 0.806. The van der Waals surface area contributed by atoms with E-state index in [2.05, 4.69) is 9.47 Å². The molecule has 3 amide bonds. The summed E-state index contributed by atoms with van der Waals surface area (Å²) in [5.41, 5.74) is 1.74. The van der Waals surface area contributed by atoms with E-state index < -0.39 is 12.1 Å². The Morgan fingerprint density at radius 3 is 2.64 bits per heavy atom. The van der Waals surface area contributed by atoms with Crippen LogP contribution in [0.3, 0.4) is 0 Å². The summed E-state index contributed by atoms with van der Waals surface area (Å²) in [7, 11) is 1.65. The number of aliphatic imine (C=N–C) groups is 1. The minimum Gasteiger partial charge on any atom is -0.379 e. The van der Waals surface area contributed by atoms with Gasteiger partial charge in [-0.05, 0) is 24.6 Å². The van der Waals surface area contributed by atoms with Crippen molar-refractivity contribution in [3.05, 3.63) is 45.7 Å². The van der Waals surface area contributed by atoms with Crippen LogP contribution >= 0.6 is 23.2 Å². The number of imide groups is 1. The third-order valence-corrected chi connectivity index (χ3v) is 7.13. The normalized spacial score (nSPS) is 20.8. The number of ether oxygens (including phenoxy) is 1. The minimum absolute atomic E-state index is 0.106. The fourth-order valence-electron chi connectivity index (χ4n) is 4.54. The lowest BCUT2D eigenvalue weighted by Gasteiger charge is -2.33. The van der Waals surface area contributed by atoms with Crippen LogP contribution in [0.5, 0.6) is 0 Å². The summed E-state index contributed by atoms with van der Waals surface area (Å²) < 4.78 is 9.41. The molecule has 2 aromatic rings. The lowest BCUT2D eigenvalue weighted by atomic mass is 10.1. The first-order valence-electron chi connectivity index (χ1n) is 10.9. The van der Waals surface area contributed by atoms with Crippen LogP contribution < -0.4 is 4.57 Å². The molecule has 2 saturated heterocycles. The van der Waals surface area contributed by atoms with Crippen LogP contribution in [0.15, 0.2) is 29.4 Å². The van der Waals surface area contributed by atoms with Gasteiger partial charge >= 0.3 is 12.0 Å². The van der Waals surface area contributed by atoms with E-state index in [0.717, 1.165) is 50.7 Å². The van der Waals surface area contributed by atoms with Gasteiger partial charge in [0.2, 0.25) is 11.9 Å². The van der Waals surface area contributed by atoms with E-state index in [1.807, 2.05) is 17.7 Å². The smallest absolute Gasteiger partial charge is 0.379 e. The van der Waals surface area contributed by atoms with E-state index >= 15 is 0 Å². The highest BCUT2D eigenvalue weighted by Crippen LogP contribution is 2.31. The van der Waals surface area contributed by atoms with Gasteiger partial charge in [-0.2, -0.15) is 0 Å². The standard InChI is InChI=1S/C22H25Cl2N6O3/c1-14-12-29-18-19(25-21(29)28(14)6-5-27-7-9-33-10-8-27)26(2)22(32)30(20(18)31)13-15-3-4-16(23)17(24)11-15/h3-4,11-12,18H,5-10,13H2,1-2H3/q+1. The number of nitrogens with zero attached hydrogens (tertiary/aromatic N) is 6. The number of benzene rings is 1. The van der Waals surface area contributed by atoms with E-state index in [1.54, 1.807) is 25.2 Å². The number of hydrogen-bond donors (Lipinski definition) is 0. The van der Waals surface area contributed by atoms with Crippen molar-refractivity contribution in [1.29, 1.82) is 0 Å². The summed E-state index contributed by atoms with van der Waals surface area (Å²) in [4.78, 5) is 36.3. The summed E-state index contributed by atoms with van der Waals surface area (Å²) in [5.74, 6) is 0.827. The van der Waals surface area contributed by atoms with Crippen LogP contribution in [0.1, 0.15) is 17.3 Å². The molecule has 0 bridgehead atoms. The molecular formula is C22H25Cl2N6O3+. The quantitative estimate of drug-likeness (QED) is 0.601. The molecule has 0 N–H and O–H groups in total. The highest BCUT2D eigenvalue weighted by molar-refractivity contribution is 6.42. The summed E-state index contributed by atoms with van der Waals surface area (Å²) >= 11 is 12.1. The first kappa shape index (κ1) is 22.3. The molecule has 5 rings (SSSR count).